The van der Waals surface area contributed by atoms with E-state index in [1.807, 2.05) is 19.9 Å². The van der Waals surface area contributed by atoms with Crippen molar-refractivity contribution in [2.45, 2.75) is 39.0 Å². The number of aromatic amines is 2. The first-order valence-corrected chi connectivity index (χ1v) is 6.97. The Bertz CT molecular complexity index is 620. The second-order valence-electron chi connectivity index (χ2n) is 4.35. The third-order valence-electron chi connectivity index (χ3n) is 3.29. The largest absolute Gasteiger partial charge is 0.325 e. The Morgan fingerprint density at radius 1 is 1.25 bits per heavy atom. The zero-order chi connectivity index (χ0) is 15.1. The van der Waals surface area contributed by atoms with Crippen molar-refractivity contribution in [2.24, 2.45) is 0 Å². The molecule has 0 amide bonds. The molecule has 0 spiro atoms. The minimum atomic E-state index is -0.451. The topological polar surface area (TPSA) is 65.7 Å². The van der Waals surface area contributed by atoms with E-state index >= 15 is 0 Å². The van der Waals surface area contributed by atoms with Crippen molar-refractivity contribution < 1.29 is 0 Å². The molecule has 20 heavy (non-hydrogen) atoms. The van der Waals surface area contributed by atoms with Crippen LogP contribution < -0.4 is 11.2 Å². The number of hydrogen-bond acceptors (Lipinski definition) is 2. The van der Waals surface area contributed by atoms with Crippen molar-refractivity contribution in [1.82, 2.24) is 9.97 Å². The standard InChI is InChI=1S/C14H16N2O2.C2H6/c1-3-6-9(4-2)10-7-5-8-11-12(10)15-14(18)16-13(11)17;1-2/h3-4,6,10H,1-2,5,7-8H2,(H2,15,16,17,18);1-2H3/b9-6+;. The van der Waals surface area contributed by atoms with Crippen molar-refractivity contribution >= 4 is 0 Å². The zero-order valence-corrected chi connectivity index (χ0v) is 12.2. The first kappa shape index (κ1) is 16.0. The van der Waals surface area contributed by atoms with Gasteiger partial charge in [0.15, 0.2) is 0 Å². The lowest BCUT2D eigenvalue weighted by molar-refractivity contribution is 0.586. The van der Waals surface area contributed by atoms with Crippen LogP contribution in [0.4, 0.5) is 0 Å². The molecular formula is C16H22N2O2. The van der Waals surface area contributed by atoms with Crippen LogP contribution in [0.2, 0.25) is 0 Å². The Morgan fingerprint density at radius 3 is 2.55 bits per heavy atom. The summed E-state index contributed by atoms with van der Waals surface area (Å²) in [6, 6.07) is 0. The first-order valence-electron chi connectivity index (χ1n) is 6.97. The lowest BCUT2D eigenvalue weighted by atomic mass is 9.82. The van der Waals surface area contributed by atoms with E-state index < -0.39 is 5.69 Å². The summed E-state index contributed by atoms with van der Waals surface area (Å²) in [7, 11) is 0. The van der Waals surface area contributed by atoms with E-state index in [1.165, 1.54) is 0 Å². The van der Waals surface area contributed by atoms with Gasteiger partial charge < -0.3 is 4.98 Å². The van der Waals surface area contributed by atoms with Crippen LogP contribution in [0.25, 0.3) is 0 Å². The molecule has 1 aliphatic carbocycles. The van der Waals surface area contributed by atoms with Crippen molar-refractivity contribution in [3.63, 3.8) is 0 Å². The number of rotatable bonds is 3. The lowest BCUT2D eigenvalue weighted by Crippen LogP contribution is -2.31. The quantitative estimate of drug-likeness (QED) is 0.832. The van der Waals surface area contributed by atoms with E-state index in [0.29, 0.717) is 12.0 Å². The Morgan fingerprint density at radius 2 is 1.95 bits per heavy atom. The molecule has 1 heterocycles. The van der Waals surface area contributed by atoms with Gasteiger partial charge in [0.1, 0.15) is 0 Å². The van der Waals surface area contributed by atoms with Gasteiger partial charge in [-0.2, -0.15) is 0 Å². The number of allylic oxidation sites excluding steroid dienone is 4. The van der Waals surface area contributed by atoms with Crippen LogP contribution in [0.5, 0.6) is 0 Å². The molecule has 1 atom stereocenters. The van der Waals surface area contributed by atoms with E-state index in [4.69, 9.17) is 0 Å². The van der Waals surface area contributed by atoms with E-state index in [2.05, 4.69) is 23.1 Å². The second kappa shape index (κ2) is 7.48. The molecule has 0 aliphatic heterocycles. The summed E-state index contributed by atoms with van der Waals surface area (Å²) in [4.78, 5) is 28.2. The average Bonchev–Trinajstić information content (AvgIpc) is 2.46. The van der Waals surface area contributed by atoms with Gasteiger partial charge >= 0.3 is 5.69 Å². The molecule has 1 aromatic rings. The number of nitrogens with one attached hydrogen (secondary N) is 2. The van der Waals surface area contributed by atoms with Crippen molar-refractivity contribution in [3.05, 3.63) is 69.1 Å². The SMILES string of the molecule is C=C/C=C(\C=C)C1CCCc2c1[nH]c(=O)[nH]c2=O.CC. The first-order chi connectivity index (χ1) is 9.67. The van der Waals surface area contributed by atoms with Gasteiger partial charge in [-0.3, -0.25) is 9.78 Å². The van der Waals surface area contributed by atoms with Crippen LogP contribution in [0, 0.1) is 0 Å². The fraction of sp³-hybridized carbons (Fsp3) is 0.375. The summed E-state index contributed by atoms with van der Waals surface area (Å²) in [6.45, 7) is 11.4. The molecule has 0 bridgehead atoms. The van der Waals surface area contributed by atoms with E-state index in [1.54, 1.807) is 12.2 Å². The molecule has 108 valence electrons. The number of hydrogen-bond donors (Lipinski definition) is 2. The molecule has 1 aromatic heterocycles. The van der Waals surface area contributed by atoms with Crippen LogP contribution in [-0.4, -0.2) is 9.97 Å². The van der Waals surface area contributed by atoms with Gasteiger partial charge in [-0.25, -0.2) is 4.79 Å². The molecule has 1 unspecified atom stereocenters. The Hall–Kier alpha value is -2.10. The summed E-state index contributed by atoms with van der Waals surface area (Å²) in [6.07, 6.45) is 7.84. The highest BCUT2D eigenvalue weighted by atomic mass is 16.2. The van der Waals surface area contributed by atoms with E-state index in [0.717, 1.165) is 24.1 Å². The van der Waals surface area contributed by atoms with Gasteiger partial charge in [0, 0.05) is 17.2 Å². The fourth-order valence-electron chi connectivity index (χ4n) is 2.50. The summed E-state index contributed by atoms with van der Waals surface area (Å²) in [5.74, 6) is 0.0271. The minimum absolute atomic E-state index is 0.0271. The minimum Gasteiger partial charge on any atom is -0.310 e. The lowest BCUT2D eigenvalue weighted by Gasteiger charge is -2.24. The molecule has 0 radical (unpaired) electrons. The van der Waals surface area contributed by atoms with Crippen molar-refractivity contribution in [2.75, 3.05) is 0 Å². The van der Waals surface area contributed by atoms with Gasteiger partial charge in [0.2, 0.25) is 0 Å². The Balaban J connectivity index is 0.000000956. The highest BCUT2D eigenvalue weighted by Crippen LogP contribution is 2.33. The average molecular weight is 274 g/mol. The Kier molecular flexibility index (Phi) is 5.97. The van der Waals surface area contributed by atoms with Crippen LogP contribution >= 0.6 is 0 Å². The van der Waals surface area contributed by atoms with E-state index in [-0.39, 0.29) is 11.5 Å². The molecule has 0 fully saturated rings. The van der Waals surface area contributed by atoms with Gasteiger partial charge in [0.25, 0.3) is 5.56 Å². The van der Waals surface area contributed by atoms with Crippen molar-refractivity contribution in [1.29, 1.82) is 0 Å². The predicted molar refractivity (Wildman–Crippen MR) is 83.2 cm³/mol. The maximum atomic E-state index is 11.8. The zero-order valence-electron chi connectivity index (χ0n) is 12.2. The van der Waals surface area contributed by atoms with Crippen LogP contribution in [0.1, 0.15) is 43.9 Å². The third kappa shape index (κ3) is 3.26. The highest BCUT2D eigenvalue weighted by Gasteiger charge is 2.25. The summed E-state index contributed by atoms with van der Waals surface area (Å²) in [5, 5.41) is 0. The normalized spacial score (nSPS) is 17.5. The summed E-state index contributed by atoms with van der Waals surface area (Å²) >= 11 is 0. The maximum Gasteiger partial charge on any atom is 0.325 e. The van der Waals surface area contributed by atoms with Crippen LogP contribution in [0.3, 0.4) is 0 Å². The van der Waals surface area contributed by atoms with Gasteiger partial charge in [-0.05, 0) is 24.8 Å². The van der Waals surface area contributed by atoms with Gasteiger partial charge in [0.05, 0.1) is 0 Å². The number of H-pyrrole nitrogens is 2. The predicted octanol–water partition coefficient (Wildman–Crippen LogP) is 2.81. The van der Waals surface area contributed by atoms with Gasteiger partial charge in [-0.1, -0.05) is 45.2 Å². The molecule has 0 saturated carbocycles. The smallest absolute Gasteiger partial charge is 0.310 e. The number of fused-ring (bicyclic) bond motifs is 1. The van der Waals surface area contributed by atoms with Gasteiger partial charge in [-0.15, -0.1) is 0 Å². The monoisotopic (exact) mass is 274 g/mol. The molecule has 0 aromatic carbocycles. The summed E-state index contributed by atoms with van der Waals surface area (Å²) < 4.78 is 0. The molecule has 4 nitrogen and oxygen atoms in total. The molecule has 4 heteroatoms. The molecule has 0 saturated heterocycles. The molecule has 2 rings (SSSR count). The second-order valence-corrected chi connectivity index (χ2v) is 4.35. The summed E-state index contributed by atoms with van der Waals surface area (Å²) in [5.41, 5.74) is 1.66. The van der Waals surface area contributed by atoms with E-state index in [9.17, 15) is 9.59 Å². The van der Waals surface area contributed by atoms with Crippen LogP contribution in [-0.2, 0) is 6.42 Å². The Labute approximate surface area is 119 Å². The highest BCUT2D eigenvalue weighted by molar-refractivity contribution is 5.37. The third-order valence-corrected chi connectivity index (χ3v) is 3.29. The molecule has 2 N–H and O–H groups in total. The van der Waals surface area contributed by atoms with Crippen LogP contribution in [0.15, 0.2) is 46.5 Å². The fourth-order valence-corrected chi connectivity index (χ4v) is 2.50. The molecule has 1 aliphatic rings. The maximum absolute atomic E-state index is 11.8. The number of aromatic nitrogens is 2. The molecular weight excluding hydrogens is 252 g/mol. The van der Waals surface area contributed by atoms with Crippen molar-refractivity contribution in [3.8, 4) is 0 Å².